The topological polar surface area (TPSA) is 69.7 Å². The highest BCUT2D eigenvalue weighted by atomic mass is 16.6. The van der Waals surface area contributed by atoms with Crippen molar-refractivity contribution in [2.24, 2.45) is 0 Å². The van der Waals surface area contributed by atoms with Crippen molar-refractivity contribution in [2.45, 2.75) is 34.1 Å². The SMILES string of the molecule is CCOCCC(C(C)=O)=C(C)C(=O)OC(C)=O. The number of carbonyl (C=O) groups is 3. The average Bonchev–Trinajstić information content (AvgIpc) is 2.22. The van der Waals surface area contributed by atoms with Crippen LogP contribution in [0, 0.1) is 0 Å². The summed E-state index contributed by atoms with van der Waals surface area (Å²) in [5.41, 5.74) is 0.497. The predicted molar refractivity (Wildman–Crippen MR) is 61.3 cm³/mol. The first-order valence-corrected chi connectivity index (χ1v) is 5.41. The third-order valence-corrected chi connectivity index (χ3v) is 2.12. The summed E-state index contributed by atoms with van der Waals surface area (Å²) in [5, 5.41) is 0. The summed E-state index contributed by atoms with van der Waals surface area (Å²) < 4.78 is 9.54. The minimum Gasteiger partial charge on any atom is -0.390 e. The van der Waals surface area contributed by atoms with Gasteiger partial charge in [-0.05, 0) is 27.2 Å². The Morgan fingerprint density at radius 2 is 1.65 bits per heavy atom. The number of ether oxygens (including phenoxy) is 2. The standard InChI is InChI=1S/C12H18O5/c1-5-16-7-6-11(9(3)13)8(2)12(15)17-10(4)14/h5-7H2,1-4H3. The lowest BCUT2D eigenvalue weighted by Gasteiger charge is -2.08. The Morgan fingerprint density at radius 1 is 1.06 bits per heavy atom. The Morgan fingerprint density at radius 3 is 2.06 bits per heavy atom. The summed E-state index contributed by atoms with van der Waals surface area (Å²) in [6.07, 6.45) is 0.335. The zero-order valence-corrected chi connectivity index (χ0v) is 10.7. The van der Waals surface area contributed by atoms with Gasteiger partial charge in [0.15, 0.2) is 5.78 Å². The minimum atomic E-state index is -0.779. The highest BCUT2D eigenvalue weighted by Crippen LogP contribution is 2.12. The van der Waals surface area contributed by atoms with Crippen LogP contribution >= 0.6 is 0 Å². The number of hydrogen-bond donors (Lipinski definition) is 0. The maximum Gasteiger partial charge on any atom is 0.341 e. The molecule has 0 radical (unpaired) electrons. The van der Waals surface area contributed by atoms with Gasteiger partial charge < -0.3 is 9.47 Å². The van der Waals surface area contributed by atoms with Crippen molar-refractivity contribution in [1.82, 2.24) is 0 Å². The fourth-order valence-electron chi connectivity index (χ4n) is 1.28. The number of esters is 2. The first kappa shape index (κ1) is 15.5. The van der Waals surface area contributed by atoms with Crippen LogP contribution < -0.4 is 0 Å². The van der Waals surface area contributed by atoms with Crippen molar-refractivity contribution >= 4 is 17.7 Å². The highest BCUT2D eigenvalue weighted by molar-refractivity contribution is 6.04. The third-order valence-electron chi connectivity index (χ3n) is 2.12. The van der Waals surface area contributed by atoms with Crippen molar-refractivity contribution < 1.29 is 23.9 Å². The van der Waals surface area contributed by atoms with Gasteiger partial charge in [-0.15, -0.1) is 0 Å². The van der Waals surface area contributed by atoms with Gasteiger partial charge in [0, 0.05) is 24.7 Å². The molecule has 0 heterocycles. The van der Waals surface area contributed by atoms with Crippen LogP contribution in [0.5, 0.6) is 0 Å². The van der Waals surface area contributed by atoms with E-state index in [9.17, 15) is 14.4 Å². The number of Topliss-reactive ketones (excluding diaryl/α,β-unsaturated/α-hetero) is 1. The van der Waals surface area contributed by atoms with Gasteiger partial charge >= 0.3 is 11.9 Å². The molecule has 0 bridgehead atoms. The normalized spacial score (nSPS) is 11.8. The molecule has 5 nitrogen and oxygen atoms in total. The molecule has 0 saturated carbocycles. The molecule has 0 aromatic carbocycles. The number of carbonyl (C=O) groups excluding carboxylic acids is 3. The zero-order valence-electron chi connectivity index (χ0n) is 10.7. The Kier molecular flexibility index (Phi) is 7.05. The quantitative estimate of drug-likeness (QED) is 0.305. The number of hydrogen-bond acceptors (Lipinski definition) is 5. The second-order valence-corrected chi connectivity index (χ2v) is 3.49. The molecule has 17 heavy (non-hydrogen) atoms. The van der Waals surface area contributed by atoms with Crippen LogP contribution in [-0.2, 0) is 23.9 Å². The molecule has 0 unspecified atom stereocenters. The van der Waals surface area contributed by atoms with Crippen LogP contribution in [0.3, 0.4) is 0 Å². The van der Waals surface area contributed by atoms with Gasteiger partial charge in [-0.2, -0.15) is 0 Å². The van der Waals surface area contributed by atoms with E-state index in [4.69, 9.17) is 4.74 Å². The maximum atomic E-state index is 11.4. The van der Waals surface area contributed by atoms with Crippen LogP contribution in [0.4, 0.5) is 0 Å². The molecule has 0 aliphatic heterocycles. The van der Waals surface area contributed by atoms with Crippen LogP contribution in [0.15, 0.2) is 11.1 Å². The van der Waals surface area contributed by atoms with Crippen molar-refractivity contribution in [3.8, 4) is 0 Å². The summed E-state index contributed by atoms with van der Waals surface area (Å²) in [6, 6.07) is 0. The molecule has 5 heteroatoms. The zero-order chi connectivity index (χ0) is 13.4. The number of rotatable bonds is 6. The molecule has 0 atom stereocenters. The number of ketones is 1. The van der Waals surface area contributed by atoms with Crippen LogP contribution in [-0.4, -0.2) is 30.9 Å². The molecule has 0 spiro atoms. The van der Waals surface area contributed by atoms with E-state index in [2.05, 4.69) is 4.74 Å². The molecule has 0 aliphatic rings. The Bertz CT molecular complexity index is 341. The first-order chi connectivity index (χ1) is 7.90. The molecule has 0 fully saturated rings. The van der Waals surface area contributed by atoms with Crippen molar-refractivity contribution in [3.63, 3.8) is 0 Å². The molecule has 0 aliphatic carbocycles. The van der Waals surface area contributed by atoms with Crippen molar-refractivity contribution in [3.05, 3.63) is 11.1 Å². The summed E-state index contributed by atoms with van der Waals surface area (Å²) in [6.45, 7) is 6.71. The van der Waals surface area contributed by atoms with E-state index in [1.807, 2.05) is 6.92 Å². The Balaban J connectivity index is 4.79. The fourth-order valence-corrected chi connectivity index (χ4v) is 1.28. The van der Waals surface area contributed by atoms with Crippen LogP contribution in [0.25, 0.3) is 0 Å². The minimum absolute atomic E-state index is 0.160. The first-order valence-electron chi connectivity index (χ1n) is 5.41. The lowest BCUT2D eigenvalue weighted by Crippen LogP contribution is -2.15. The molecule has 96 valence electrons. The Labute approximate surface area is 101 Å². The molecule has 0 N–H and O–H groups in total. The maximum absolute atomic E-state index is 11.4. The Hall–Kier alpha value is -1.49. The molecule has 0 aromatic rings. The second kappa shape index (κ2) is 7.73. The summed E-state index contributed by atoms with van der Waals surface area (Å²) in [7, 11) is 0. The molecule has 0 rings (SSSR count). The van der Waals surface area contributed by atoms with Gasteiger partial charge in [-0.25, -0.2) is 4.79 Å². The monoisotopic (exact) mass is 242 g/mol. The van der Waals surface area contributed by atoms with E-state index in [-0.39, 0.29) is 11.4 Å². The molecule has 0 aromatic heterocycles. The van der Waals surface area contributed by atoms with E-state index < -0.39 is 11.9 Å². The van der Waals surface area contributed by atoms with Gasteiger partial charge in [0.25, 0.3) is 0 Å². The van der Waals surface area contributed by atoms with Gasteiger partial charge in [-0.3, -0.25) is 9.59 Å². The van der Waals surface area contributed by atoms with Gasteiger partial charge in [-0.1, -0.05) is 0 Å². The van der Waals surface area contributed by atoms with E-state index in [1.165, 1.54) is 13.8 Å². The van der Waals surface area contributed by atoms with Crippen molar-refractivity contribution in [1.29, 1.82) is 0 Å². The molecule has 0 amide bonds. The molecule has 0 saturated heterocycles. The summed E-state index contributed by atoms with van der Waals surface area (Å²) in [5.74, 6) is -1.69. The van der Waals surface area contributed by atoms with E-state index >= 15 is 0 Å². The average molecular weight is 242 g/mol. The van der Waals surface area contributed by atoms with Crippen LogP contribution in [0.2, 0.25) is 0 Å². The third kappa shape index (κ3) is 5.97. The summed E-state index contributed by atoms with van der Waals surface area (Å²) in [4.78, 5) is 33.4. The summed E-state index contributed by atoms with van der Waals surface area (Å²) >= 11 is 0. The van der Waals surface area contributed by atoms with Gasteiger partial charge in [0.1, 0.15) is 0 Å². The van der Waals surface area contributed by atoms with Crippen molar-refractivity contribution in [2.75, 3.05) is 13.2 Å². The van der Waals surface area contributed by atoms with Gasteiger partial charge in [0.05, 0.1) is 6.61 Å². The predicted octanol–water partition coefficient (Wildman–Crippen LogP) is 1.41. The highest BCUT2D eigenvalue weighted by Gasteiger charge is 2.16. The molecular formula is C12H18O5. The van der Waals surface area contributed by atoms with Crippen LogP contribution in [0.1, 0.15) is 34.1 Å². The van der Waals surface area contributed by atoms with Gasteiger partial charge in [0.2, 0.25) is 0 Å². The van der Waals surface area contributed by atoms with E-state index in [0.29, 0.717) is 25.2 Å². The smallest absolute Gasteiger partial charge is 0.341 e. The fraction of sp³-hybridized carbons (Fsp3) is 0.583. The lowest BCUT2D eigenvalue weighted by molar-refractivity contribution is -0.155. The van der Waals surface area contributed by atoms with E-state index in [0.717, 1.165) is 6.92 Å². The van der Waals surface area contributed by atoms with E-state index in [1.54, 1.807) is 0 Å². The lowest BCUT2D eigenvalue weighted by atomic mass is 10.0. The largest absolute Gasteiger partial charge is 0.390 e. The second-order valence-electron chi connectivity index (χ2n) is 3.49. The molecular weight excluding hydrogens is 224 g/mol.